The van der Waals surface area contributed by atoms with Gasteiger partial charge in [0.25, 0.3) is 11.6 Å². The molecule has 0 bridgehead atoms. The lowest BCUT2D eigenvalue weighted by Crippen LogP contribution is -2.41. The molecule has 1 spiro atoms. The second-order valence-corrected chi connectivity index (χ2v) is 7.34. The number of nitrogens with zero attached hydrogens (tertiary/aromatic N) is 2. The molecule has 2 aliphatic heterocycles. The van der Waals surface area contributed by atoms with Crippen molar-refractivity contribution in [2.75, 3.05) is 6.79 Å². The summed E-state index contributed by atoms with van der Waals surface area (Å²) < 4.78 is 10.7. The Hall–Kier alpha value is -3.46. The first kappa shape index (κ1) is 17.6. The van der Waals surface area contributed by atoms with Gasteiger partial charge in [-0.1, -0.05) is 24.3 Å². The number of aryl methyl sites for hydroxylation is 1. The van der Waals surface area contributed by atoms with Crippen LogP contribution in [0.4, 0.5) is 10.5 Å². The molecule has 29 heavy (non-hydrogen) atoms. The molecule has 0 aromatic heterocycles. The minimum Gasteiger partial charge on any atom is -0.467 e. The summed E-state index contributed by atoms with van der Waals surface area (Å²) in [6.45, 7) is 0.0648. The van der Waals surface area contributed by atoms with Crippen molar-refractivity contribution >= 4 is 17.6 Å². The van der Waals surface area contributed by atoms with Crippen LogP contribution in [0.2, 0.25) is 0 Å². The molecule has 9 nitrogen and oxygen atoms in total. The van der Waals surface area contributed by atoms with Crippen molar-refractivity contribution in [1.29, 1.82) is 0 Å². The van der Waals surface area contributed by atoms with Gasteiger partial charge in [-0.05, 0) is 24.0 Å². The number of carbonyl (C=O) groups excluding carboxylic acids is 2. The van der Waals surface area contributed by atoms with Crippen molar-refractivity contribution in [2.45, 2.75) is 31.5 Å². The Morgan fingerprint density at radius 1 is 1.21 bits per heavy atom. The van der Waals surface area contributed by atoms with Crippen molar-refractivity contribution in [3.05, 3.63) is 68.8 Å². The van der Waals surface area contributed by atoms with Gasteiger partial charge in [-0.25, -0.2) is 4.79 Å². The average Bonchev–Trinajstić information content (AvgIpc) is 3.21. The number of nitrogens with one attached hydrogen (secondary N) is 1. The van der Waals surface area contributed by atoms with Crippen LogP contribution >= 0.6 is 0 Å². The number of non-ortho nitro benzene ring substituents is 1. The monoisotopic (exact) mass is 395 g/mol. The first-order valence-electron chi connectivity index (χ1n) is 9.23. The highest BCUT2D eigenvalue weighted by molar-refractivity contribution is 6.08. The summed E-state index contributed by atoms with van der Waals surface area (Å²) in [4.78, 5) is 38.0. The quantitative estimate of drug-likeness (QED) is 0.485. The number of ether oxygens (including phenoxy) is 2. The molecular weight excluding hydrogens is 378 g/mol. The van der Waals surface area contributed by atoms with E-state index in [4.69, 9.17) is 9.47 Å². The number of rotatable bonds is 3. The second kappa shape index (κ2) is 6.28. The zero-order chi connectivity index (χ0) is 20.2. The fraction of sp³-hybridized carbons (Fsp3) is 0.300. The summed E-state index contributed by atoms with van der Waals surface area (Å²) in [6.07, 6.45) is 1.19. The van der Waals surface area contributed by atoms with Gasteiger partial charge in [0.15, 0.2) is 6.79 Å². The number of hydrogen-bond acceptors (Lipinski definition) is 6. The topological polar surface area (TPSA) is 111 Å². The van der Waals surface area contributed by atoms with Crippen molar-refractivity contribution in [2.24, 2.45) is 0 Å². The number of hydrogen-bond donors (Lipinski definition) is 1. The SMILES string of the molecule is O=C1N[C@]2(CCc3ccccc32)C(=O)N1Cc1cc([N+](=O)[O-])cc2c1OCOC2. The maximum Gasteiger partial charge on any atom is 0.325 e. The summed E-state index contributed by atoms with van der Waals surface area (Å²) in [7, 11) is 0. The molecule has 9 heteroatoms. The van der Waals surface area contributed by atoms with Gasteiger partial charge < -0.3 is 14.8 Å². The molecular formula is C20H17N3O6. The zero-order valence-electron chi connectivity index (χ0n) is 15.3. The van der Waals surface area contributed by atoms with E-state index in [1.54, 1.807) is 0 Å². The number of carbonyl (C=O) groups is 2. The van der Waals surface area contributed by atoms with Gasteiger partial charge in [-0.2, -0.15) is 0 Å². The van der Waals surface area contributed by atoms with Gasteiger partial charge in [0.2, 0.25) is 0 Å². The molecule has 3 aliphatic rings. The van der Waals surface area contributed by atoms with E-state index in [0.29, 0.717) is 29.7 Å². The van der Waals surface area contributed by atoms with Crippen LogP contribution in [0.1, 0.15) is 28.7 Å². The van der Waals surface area contributed by atoms with E-state index >= 15 is 0 Å². The van der Waals surface area contributed by atoms with E-state index in [-0.39, 0.29) is 31.5 Å². The third-order valence-electron chi connectivity index (χ3n) is 5.73. The van der Waals surface area contributed by atoms with Crippen molar-refractivity contribution in [3.63, 3.8) is 0 Å². The largest absolute Gasteiger partial charge is 0.467 e. The molecule has 2 aromatic rings. The Morgan fingerprint density at radius 3 is 2.86 bits per heavy atom. The Balaban J connectivity index is 1.52. The molecule has 5 rings (SSSR count). The van der Waals surface area contributed by atoms with Crippen LogP contribution < -0.4 is 10.1 Å². The fourth-order valence-corrected chi connectivity index (χ4v) is 4.41. The molecule has 2 aromatic carbocycles. The molecule has 0 unspecified atom stereocenters. The molecule has 1 N–H and O–H groups in total. The van der Waals surface area contributed by atoms with Crippen molar-refractivity contribution < 1.29 is 24.0 Å². The van der Waals surface area contributed by atoms with Gasteiger partial charge in [0, 0.05) is 23.3 Å². The molecule has 1 aliphatic carbocycles. The molecule has 0 radical (unpaired) electrons. The predicted octanol–water partition coefficient (Wildman–Crippen LogP) is 2.35. The van der Waals surface area contributed by atoms with E-state index in [1.165, 1.54) is 12.1 Å². The van der Waals surface area contributed by atoms with Crippen molar-refractivity contribution in [1.82, 2.24) is 10.2 Å². The summed E-state index contributed by atoms with van der Waals surface area (Å²) in [5.74, 6) is 0.0787. The van der Waals surface area contributed by atoms with Gasteiger partial charge in [0.05, 0.1) is 18.1 Å². The molecule has 3 amide bonds. The van der Waals surface area contributed by atoms with Gasteiger partial charge >= 0.3 is 6.03 Å². The number of nitro benzene ring substituents is 1. The molecule has 1 fully saturated rings. The highest BCUT2D eigenvalue weighted by Gasteiger charge is 2.55. The molecule has 148 valence electrons. The van der Waals surface area contributed by atoms with E-state index < -0.39 is 16.5 Å². The first-order valence-corrected chi connectivity index (χ1v) is 9.23. The van der Waals surface area contributed by atoms with Gasteiger partial charge in [-0.3, -0.25) is 19.8 Å². The van der Waals surface area contributed by atoms with Gasteiger partial charge in [-0.15, -0.1) is 0 Å². The lowest BCUT2D eigenvalue weighted by atomic mass is 9.92. The molecule has 2 heterocycles. The highest BCUT2D eigenvalue weighted by Crippen LogP contribution is 2.42. The Kier molecular flexibility index (Phi) is 3.82. The predicted molar refractivity (Wildman–Crippen MR) is 98.9 cm³/mol. The normalized spacial score (nSPS) is 22.3. The Bertz CT molecular complexity index is 1070. The van der Waals surface area contributed by atoms with Crippen LogP contribution in [-0.4, -0.2) is 28.6 Å². The number of fused-ring (bicyclic) bond motifs is 3. The van der Waals surface area contributed by atoms with Crippen LogP contribution in [-0.2, 0) is 34.6 Å². The summed E-state index contributed by atoms with van der Waals surface area (Å²) in [6, 6.07) is 9.79. The van der Waals surface area contributed by atoms with Crippen LogP contribution in [0.25, 0.3) is 0 Å². The summed E-state index contributed by atoms with van der Waals surface area (Å²) in [5, 5.41) is 14.2. The minimum atomic E-state index is -1.07. The average molecular weight is 395 g/mol. The maximum atomic E-state index is 13.3. The number of imide groups is 1. The summed E-state index contributed by atoms with van der Waals surface area (Å²) >= 11 is 0. The number of benzene rings is 2. The molecule has 0 saturated carbocycles. The highest BCUT2D eigenvalue weighted by atomic mass is 16.7. The third-order valence-corrected chi connectivity index (χ3v) is 5.73. The van der Waals surface area contributed by atoms with E-state index in [9.17, 15) is 19.7 Å². The Labute approximate surface area is 165 Å². The first-order chi connectivity index (χ1) is 14.0. The van der Waals surface area contributed by atoms with Crippen LogP contribution in [0.3, 0.4) is 0 Å². The molecule has 1 saturated heterocycles. The Morgan fingerprint density at radius 2 is 2.03 bits per heavy atom. The maximum absolute atomic E-state index is 13.3. The lowest BCUT2D eigenvalue weighted by molar-refractivity contribution is -0.385. The van der Waals surface area contributed by atoms with E-state index in [0.717, 1.165) is 16.0 Å². The summed E-state index contributed by atoms with van der Waals surface area (Å²) in [5.41, 5.74) is 1.57. The molecule has 1 atom stereocenters. The fourth-order valence-electron chi connectivity index (χ4n) is 4.41. The van der Waals surface area contributed by atoms with E-state index in [1.807, 2.05) is 24.3 Å². The number of urea groups is 1. The number of nitro groups is 1. The second-order valence-electron chi connectivity index (χ2n) is 7.34. The standard InChI is InChI=1S/C20H17N3O6/c24-18-20(6-5-12-3-1-2-4-16(12)20)21-19(25)22(18)9-13-7-15(23(26)27)8-14-10-28-11-29-17(13)14/h1-4,7-8H,5-6,9-11H2,(H,21,25)/t20-/m0/s1. The van der Waals surface area contributed by atoms with Crippen molar-refractivity contribution in [3.8, 4) is 5.75 Å². The van der Waals surface area contributed by atoms with Crippen LogP contribution in [0, 0.1) is 10.1 Å². The minimum absolute atomic E-state index is 0.00919. The van der Waals surface area contributed by atoms with Gasteiger partial charge in [0.1, 0.15) is 11.3 Å². The lowest BCUT2D eigenvalue weighted by Gasteiger charge is -2.24. The van der Waals surface area contributed by atoms with E-state index in [2.05, 4.69) is 5.32 Å². The van der Waals surface area contributed by atoms with Crippen LogP contribution in [0.15, 0.2) is 36.4 Å². The smallest absolute Gasteiger partial charge is 0.325 e. The third kappa shape index (κ3) is 2.58. The van der Waals surface area contributed by atoms with Crippen LogP contribution in [0.5, 0.6) is 5.75 Å². The number of amides is 3. The zero-order valence-corrected chi connectivity index (χ0v) is 15.3.